The van der Waals surface area contributed by atoms with Crippen LogP contribution in [0.1, 0.15) is 20.8 Å². The van der Waals surface area contributed by atoms with Gasteiger partial charge < -0.3 is 20.1 Å². The lowest BCUT2D eigenvalue weighted by Gasteiger charge is -2.25. The van der Waals surface area contributed by atoms with Crippen molar-refractivity contribution in [2.24, 2.45) is 5.73 Å². The predicted octanol–water partition coefficient (Wildman–Crippen LogP) is -0.238. The molecule has 1 amide bonds. The molecule has 0 fully saturated rings. The monoisotopic (exact) mass is 246 g/mol. The number of nitrogens with zero attached hydrogens (tertiary/aromatic N) is 1. The topological polar surface area (TPSA) is 81.9 Å². The highest BCUT2D eigenvalue weighted by atomic mass is 16.5. The number of hydrogen-bond donors (Lipinski definition) is 1. The Labute approximate surface area is 102 Å². The Morgan fingerprint density at radius 1 is 1.35 bits per heavy atom. The lowest BCUT2D eigenvalue weighted by molar-refractivity contribution is -0.151. The third-order valence-corrected chi connectivity index (χ3v) is 2.04. The van der Waals surface area contributed by atoms with E-state index in [2.05, 4.69) is 0 Å². The largest absolute Gasteiger partial charge is 0.465 e. The summed E-state index contributed by atoms with van der Waals surface area (Å²) >= 11 is 0. The highest BCUT2D eigenvalue weighted by Gasteiger charge is 2.20. The third-order valence-electron chi connectivity index (χ3n) is 2.04. The fraction of sp³-hybridized carbons (Fsp3) is 0.818. The molecule has 0 aromatic rings. The summed E-state index contributed by atoms with van der Waals surface area (Å²) in [6, 6.07) is -0.0756. The molecule has 0 bridgehead atoms. The van der Waals surface area contributed by atoms with E-state index in [0.717, 1.165) is 0 Å². The van der Waals surface area contributed by atoms with Gasteiger partial charge >= 0.3 is 5.97 Å². The molecule has 6 heteroatoms. The molecule has 0 unspecified atom stereocenters. The van der Waals surface area contributed by atoms with Crippen molar-refractivity contribution in [1.82, 2.24) is 4.90 Å². The van der Waals surface area contributed by atoms with Gasteiger partial charge in [-0.05, 0) is 20.8 Å². The van der Waals surface area contributed by atoms with Gasteiger partial charge in [0.2, 0.25) is 5.91 Å². The molecule has 0 saturated heterocycles. The lowest BCUT2D eigenvalue weighted by atomic mass is 10.3. The van der Waals surface area contributed by atoms with E-state index in [9.17, 15) is 9.59 Å². The summed E-state index contributed by atoms with van der Waals surface area (Å²) in [5.41, 5.74) is 5.25. The molecule has 0 spiro atoms. The fourth-order valence-corrected chi connectivity index (χ4v) is 1.23. The summed E-state index contributed by atoms with van der Waals surface area (Å²) in [6.45, 7) is 6.29. The smallest absolute Gasteiger partial charge is 0.325 e. The molecule has 0 saturated carbocycles. The van der Waals surface area contributed by atoms with Crippen LogP contribution in [0.4, 0.5) is 0 Å². The van der Waals surface area contributed by atoms with Crippen LogP contribution < -0.4 is 5.73 Å². The zero-order valence-corrected chi connectivity index (χ0v) is 10.8. The quantitative estimate of drug-likeness (QED) is 0.472. The molecule has 0 heterocycles. The fourth-order valence-electron chi connectivity index (χ4n) is 1.23. The van der Waals surface area contributed by atoms with Crippen molar-refractivity contribution in [2.45, 2.75) is 26.8 Å². The van der Waals surface area contributed by atoms with Crippen LogP contribution >= 0.6 is 0 Å². The van der Waals surface area contributed by atoms with Crippen molar-refractivity contribution in [3.05, 3.63) is 0 Å². The molecule has 0 aliphatic carbocycles. The first-order valence-corrected chi connectivity index (χ1v) is 5.75. The number of hydrogen-bond acceptors (Lipinski definition) is 5. The molecular formula is C11H22N2O4. The van der Waals surface area contributed by atoms with Crippen LogP contribution in [-0.2, 0) is 19.1 Å². The third kappa shape index (κ3) is 6.91. The molecule has 0 aromatic carbocycles. The number of carbonyl (C=O) groups is 2. The van der Waals surface area contributed by atoms with Crippen molar-refractivity contribution in [3.63, 3.8) is 0 Å². The second kappa shape index (κ2) is 8.95. The minimum Gasteiger partial charge on any atom is -0.465 e. The molecule has 100 valence electrons. The average molecular weight is 246 g/mol. The Morgan fingerprint density at radius 2 is 2.00 bits per heavy atom. The van der Waals surface area contributed by atoms with E-state index in [1.54, 1.807) is 6.92 Å². The highest BCUT2D eigenvalue weighted by Crippen LogP contribution is 2.00. The summed E-state index contributed by atoms with van der Waals surface area (Å²) < 4.78 is 9.85. The molecule has 0 radical (unpaired) electrons. The summed E-state index contributed by atoms with van der Waals surface area (Å²) in [4.78, 5) is 24.5. The molecule has 2 N–H and O–H groups in total. The standard InChI is InChI=1S/C11H22N2O4/c1-4-17-11(15)7-13(9(2)3)10(14)8-16-6-5-12/h9H,4-8,12H2,1-3H3. The van der Waals surface area contributed by atoms with Crippen molar-refractivity contribution in [1.29, 1.82) is 0 Å². The summed E-state index contributed by atoms with van der Waals surface area (Å²) in [5.74, 6) is -0.644. The first-order valence-electron chi connectivity index (χ1n) is 5.75. The first-order chi connectivity index (χ1) is 8.02. The van der Waals surface area contributed by atoms with Gasteiger partial charge in [-0.15, -0.1) is 0 Å². The minimum atomic E-state index is -0.409. The molecular weight excluding hydrogens is 224 g/mol. The average Bonchev–Trinajstić information content (AvgIpc) is 2.26. The minimum absolute atomic E-state index is 0.0453. The first kappa shape index (κ1) is 15.9. The van der Waals surface area contributed by atoms with E-state index in [-0.39, 0.29) is 25.1 Å². The molecule has 17 heavy (non-hydrogen) atoms. The van der Waals surface area contributed by atoms with E-state index in [1.165, 1.54) is 4.90 Å². The number of nitrogens with two attached hydrogens (primary N) is 1. The number of ether oxygens (including phenoxy) is 2. The van der Waals surface area contributed by atoms with Gasteiger partial charge in [-0.3, -0.25) is 9.59 Å². The number of esters is 1. The molecule has 0 aliphatic heterocycles. The normalized spacial score (nSPS) is 10.4. The van der Waals surface area contributed by atoms with E-state index in [1.807, 2.05) is 13.8 Å². The van der Waals surface area contributed by atoms with Gasteiger partial charge in [0.1, 0.15) is 13.2 Å². The summed E-state index contributed by atoms with van der Waals surface area (Å²) in [5, 5.41) is 0. The lowest BCUT2D eigenvalue weighted by Crippen LogP contribution is -2.43. The Kier molecular flexibility index (Phi) is 8.35. The zero-order chi connectivity index (χ0) is 13.3. The maximum Gasteiger partial charge on any atom is 0.325 e. The van der Waals surface area contributed by atoms with Crippen LogP contribution in [0.15, 0.2) is 0 Å². The van der Waals surface area contributed by atoms with Gasteiger partial charge in [-0.2, -0.15) is 0 Å². The Balaban J connectivity index is 4.21. The molecule has 6 nitrogen and oxygen atoms in total. The summed E-state index contributed by atoms with van der Waals surface area (Å²) in [6.07, 6.45) is 0. The van der Waals surface area contributed by atoms with Gasteiger partial charge in [-0.1, -0.05) is 0 Å². The van der Waals surface area contributed by atoms with Crippen molar-refractivity contribution in [3.8, 4) is 0 Å². The molecule has 0 aromatic heterocycles. The second-order valence-electron chi connectivity index (χ2n) is 3.76. The molecule has 0 aliphatic rings. The van der Waals surface area contributed by atoms with E-state index in [4.69, 9.17) is 15.2 Å². The maximum absolute atomic E-state index is 11.8. The van der Waals surface area contributed by atoms with Crippen molar-refractivity contribution in [2.75, 3.05) is 32.9 Å². The van der Waals surface area contributed by atoms with Crippen LogP contribution in [0.2, 0.25) is 0 Å². The van der Waals surface area contributed by atoms with Gasteiger partial charge in [0.05, 0.1) is 13.2 Å². The van der Waals surface area contributed by atoms with E-state index >= 15 is 0 Å². The van der Waals surface area contributed by atoms with Crippen LogP contribution in [0.5, 0.6) is 0 Å². The molecule has 0 rings (SSSR count). The van der Waals surface area contributed by atoms with Gasteiger partial charge in [0.25, 0.3) is 0 Å². The van der Waals surface area contributed by atoms with Gasteiger partial charge in [0, 0.05) is 12.6 Å². The van der Waals surface area contributed by atoms with E-state index < -0.39 is 5.97 Å². The highest BCUT2D eigenvalue weighted by molar-refractivity contribution is 5.83. The molecule has 0 atom stereocenters. The number of amides is 1. The zero-order valence-electron chi connectivity index (χ0n) is 10.8. The number of rotatable bonds is 8. The van der Waals surface area contributed by atoms with Gasteiger partial charge in [0.15, 0.2) is 0 Å². The predicted molar refractivity (Wildman–Crippen MR) is 63.4 cm³/mol. The van der Waals surface area contributed by atoms with Crippen LogP contribution in [0, 0.1) is 0 Å². The maximum atomic E-state index is 11.8. The van der Waals surface area contributed by atoms with E-state index in [0.29, 0.717) is 19.8 Å². The Morgan fingerprint density at radius 3 is 2.47 bits per heavy atom. The Hall–Kier alpha value is -1.14. The Bertz CT molecular complexity index is 244. The second-order valence-corrected chi connectivity index (χ2v) is 3.76. The van der Waals surface area contributed by atoms with Crippen LogP contribution in [-0.4, -0.2) is 55.7 Å². The van der Waals surface area contributed by atoms with Crippen LogP contribution in [0.25, 0.3) is 0 Å². The van der Waals surface area contributed by atoms with Crippen molar-refractivity contribution >= 4 is 11.9 Å². The SMILES string of the molecule is CCOC(=O)CN(C(=O)COCCN)C(C)C. The van der Waals surface area contributed by atoms with Crippen molar-refractivity contribution < 1.29 is 19.1 Å². The van der Waals surface area contributed by atoms with Gasteiger partial charge in [-0.25, -0.2) is 0 Å². The number of carbonyl (C=O) groups excluding carboxylic acids is 2. The van der Waals surface area contributed by atoms with Crippen LogP contribution in [0.3, 0.4) is 0 Å². The summed E-state index contributed by atoms with van der Waals surface area (Å²) in [7, 11) is 0.